The number of nitrogens with zero attached hydrogens (tertiary/aromatic N) is 2. The van der Waals surface area contributed by atoms with Gasteiger partial charge in [-0.3, -0.25) is 24.3 Å². The van der Waals surface area contributed by atoms with E-state index in [1.807, 2.05) is 0 Å². The third kappa shape index (κ3) is 5.66. The number of piperidine rings is 1. The lowest BCUT2D eigenvalue weighted by molar-refractivity contribution is -0.135. The molecular weight excluding hydrogens is 512 g/mol. The van der Waals surface area contributed by atoms with E-state index in [0.717, 1.165) is 24.3 Å². The molecule has 1 aromatic heterocycles. The van der Waals surface area contributed by atoms with Crippen molar-refractivity contribution < 1.29 is 23.8 Å². The lowest BCUT2D eigenvalue weighted by atomic mass is 9.53. The number of aryl methyl sites for hydroxylation is 1. The van der Waals surface area contributed by atoms with Crippen molar-refractivity contribution in [2.24, 2.45) is 17.8 Å². The summed E-state index contributed by atoms with van der Waals surface area (Å²) in [6, 6.07) is 4.47. The molecule has 2 N–H and O–H groups in total. The summed E-state index contributed by atoms with van der Waals surface area (Å²) in [5, 5.41) is 6.48. The third-order valence-electron chi connectivity index (χ3n) is 9.23. The number of imide groups is 1. The molecule has 0 unspecified atom stereocenters. The van der Waals surface area contributed by atoms with Crippen molar-refractivity contribution in [3.8, 4) is 5.75 Å². The van der Waals surface area contributed by atoms with Crippen LogP contribution in [-0.4, -0.2) is 66.5 Å². The van der Waals surface area contributed by atoms with Crippen molar-refractivity contribution >= 4 is 22.7 Å². The number of aromatic nitrogens is 2. The molecule has 0 radical (unpaired) electrons. The molecule has 4 saturated carbocycles. The topological polar surface area (TPSA) is 121 Å². The summed E-state index contributed by atoms with van der Waals surface area (Å²) < 4.78 is 18.8. The van der Waals surface area contributed by atoms with Crippen LogP contribution in [0.1, 0.15) is 63.2 Å². The minimum absolute atomic E-state index is 0.179. The smallest absolute Gasteiger partial charge is 0.265 e. The van der Waals surface area contributed by atoms with Gasteiger partial charge < -0.3 is 19.5 Å². The quantitative estimate of drug-likeness (QED) is 0.305. The van der Waals surface area contributed by atoms with Gasteiger partial charge in [0.1, 0.15) is 29.6 Å². The highest BCUT2D eigenvalue weighted by Crippen LogP contribution is 2.55. The van der Waals surface area contributed by atoms with E-state index in [9.17, 15) is 14.4 Å². The van der Waals surface area contributed by atoms with E-state index in [2.05, 4.69) is 15.6 Å². The number of nitrogens with one attached hydrogen (secondary N) is 2. The number of hydrogen-bond donors (Lipinski definition) is 2. The van der Waals surface area contributed by atoms with Crippen LogP contribution in [0.4, 0.5) is 0 Å². The molecule has 4 aliphatic carbocycles. The molecule has 216 valence electrons. The van der Waals surface area contributed by atoms with Gasteiger partial charge in [0, 0.05) is 18.5 Å². The first-order valence-corrected chi connectivity index (χ1v) is 14.8. The maximum atomic E-state index is 13.5. The first kappa shape index (κ1) is 27.4. The Morgan fingerprint density at radius 2 is 1.65 bits per heavy atom. The van der Waals surface area contributed by atoms with Crippen LogP contribution in [0.3, 0.4) is 0 Å². The molecule has 1 atom stereocenters. The Balaban J connectivity index is 0.941. The monoisotopic (exact) mass is 552 g/mol. The van der Waals surface area contributed by atoms with Gasteiger partial charge in [0.25, 0.3) is 5.56 Å². The SMILES string of the molecule is Cc1nc2cccc(OCCOCCOCCNC34CC5CC(CC(C5)C3)C4)c2c(=O)n1[C@@H]1CCC(=O)NC1=O. The summed E-state index contributed by atoms with van der Waals surface area (Å²) in [5.74, 6) is 2.82. The summed E-state index contributed by atoms with van der Waals surface area (Å²) >= 11 is 0. The number of rotatable bonds is 12. The van der Waals surface area contributed by atoms with Crippen molar-refractivity contribution in [2.45, 2.75) is 69.9 Å². The van der Waals surface area contributed by atoms with Gasteiger partial charge in [-0.2, -0.15) is 0 Å². The van der Waals surface area contributed by atoms with Crippen molar-refractivity contribution in [3.63, 3.8) is 0 Å². The molecule has 2 aromatic rings. The number of amides is 2. The normalized spacial score (nSPS) is 29.2. The minimum Gasteiger partial charge on any atom is -0.490 e. The number of hydrogen-bond acceptors (Lipinski definition) is 8. The molecule has 4 bridgehead atoms. The number of ether oxygens (including phenoxy) is 3. The maximum Gasteiger partial charge on any atom is 0.265 e. The number of benzene rings is 1. The summed E-state index contributed by atoms with van der Waals surface area (Å²) in [6.45, 7) is 4.87. The van der Waals surface area contributed by atoms with Gasteiger partial charge >= 0.3 is 0 Å². The Bertz CT molecular complexity index is 1290. The Labute approximate surface area is 234 Å². The zero-order chi connectivity index (χ0) is 27.7. The summed E-state index contributed by atoms with van der Waals surface area (Å²) in [4.78, 5) is 42.0. The van der Waals surface area contributed by atoms with E-state index in [4.69, 9.17) is 14.2 Å². The predicted octanol–water partition coefficient (Wildman–Crippen LogP) is 2.65. The van der Waals surface area contributed by atoms with Gasteiger partial charge in [-0.25, -0.2) is 4.98 Å². The molecule has 1 aromatic carbocycles. The number of carbonyl (C=O) groups is 2. The Kier molecular flexibility index (Phi) is 7.92. The van der Waals surface area contributed by atoms with Gasteiger partial charge in [0.15, 0.2) is 0 Å². The molecule has 2 amide bonds. The van der Waals surface area contributed by atoms with E-state index in [1.54, 1.807) is 25.1 Å². The van der Waals surface area contributed by atoms with E-state index in [-0.39, 0.29) is 30.9 Å². The number of carbonyl (C=O) groups excluding carboxylic acids is 2. The van der Waals surface area contributed by atoms with Gasteiger partial charge in [0.05, 0.1) is 31.9 Å². The highest BCUT2D eigenvalue weighted by atomic mass is 16.5. The number of fused-ring (bicyclic) bond motifs is 1. The average Bonchev–Trinajstić information content (AvgIpc) is 2.90. The standard InChI is InChI=1S/C30H40N4O6/c1-19-32-23-3-2-4-25(27(23)29(37)34(19)24-5-6-26(35)33-28(24)36)40-12-11-39-10-9-38-8-7-31-30-16-20-13-21(17-30)15-22(14-20)18-30/h2-4,20-22,24,31H,5-18H2,1H3,(H,33,35,36)/t20?,21?,22?,24-,30?/m1/s1. The molecule has 10 nitrogen and oxygen atoms in total. The second kappa shape index (κ2) is 11.6. The largest absolute Gasteiger partial charge is 0.490 e. The van der Waals surface area contributed by atoms with Crippen molar-refractivity contribution in [1.82, 2.24) is 20.2 Å². The first-order chi connectivity index (χ1) is 19.4. The van der Waals surface area contributed by atoms with Crippen LogP contribution in [0.15, 0.2) is 23.0 Å². The molecular formula is C30H40N4O6. The summed E-state index contributed by atoms with van der Waals surface area (Å²) in [5.41, 5.74) is 0.511. The molecule has 5 aliphatic rings. The Hall–Kier alpha value is -2.82. The Morgan fingerprint density at radius 3 is 2.35 bits per heavy atom. The fraction of sp³-hybridized carbons (Fsp3) is 0.667. The van der Waals surface area contributed by atoms with E-state index in [0.29, 0.717) is 54.4 Å². The fourth-order valence-electron chi connectivity index (χ4n) is 7.99. The zero-order valence-corrected chi connectivity index (χ0v) is 23.3. The van der Waals surface area contributed by atoms with Crippen LogP contribution in [0.2, 0.25) is 0 Å². The lowest BCUT2D eigenvalue weighted by Gasteiger charge is -2.57. The van der Waals surface area contributed by atoms with Gasteiger partial charge in [0.2, 0.25) is 11.8 Å². The van der Waals surface area contributed by atoms with Crippen LogP contribution in [-0.2, 0) is 19.1 Å². The molecule has 40 heavy (non-hydrogen) atoms. The van der Waals surface area contributed by atoms with E-state index in [1.165, 1.54) is 43.1 Å². The van der Waals surface area contributed by atoms with Crippen molar-refractivity contribution in [1.29, 1.82) is 0 Å². The lowest BCUT2D eigenvalue weighted by Crippen LogP contribution is -2.58. The predicted molar refractivity (Wildman–Crippen MR) is 148 cm³/mol. The highest BCUT2D eigenvalue weighted by Gasteiger charge is 2.50. The fourth-order valence-corrected chi connectivity index (χ4v) is 7.99. The average molecular weight is 553 g/mol. The second-order valence-corrected chi connectivity index (χ2v) is 12.1. The van der Waals surface area contributed by atoms with Gasteiger partial charge in [-0.05, 0) is 81.8 Å². The molecule has 2 heterocycles. The minimum atomic E-state index is -0.777. The van der Waals surface area contributed by atoms with Crippen LogP contribution >= 0.6 is 0 Å². The zero-order valence-electron chi connectivity index (χ0n) is 23.3. The molecule has 0 spiro atoms. The molecule has 10 heteroatoms. The van der Waals surface area contributed by atoms with Crippen molar-refractivity contribution in [3.05, 3.63) is 34.4 Å². The van der Waals surface area contributed by atoms with Crippen LogP contribution in [0.5, 0.6) is 5.75 Å². The maximum absolute atomic E-state index is 13.5. The molecule has 1 aliphatic heterocycles. The van der Waals surface area contributed by atoms with Crippen LogP contribution < -0.4 is 20.9 Å². The second-order valence-electron chi connectivity index (χ2n) is 12.1. The van der Waals surface area contributed by atoms with Gasteiger partial charge in [-0.1, -0.05) is 6.07 Å². The van der Waals surface area contributed by atoms with E-state index < -0.39 is 11.9 Å². The highest BCUT2D eigenvalue weighted by molar-refractivity contribution is 5.99. The third-order valence-corrected chi connectivity index (χ3v) is 9.23. The van der Waals surface area contributed by atoms with Crippen molar-refractivity contribution in [2.75, 3.05) is 39.6 Å². The molecule has 7 rings (SSSR count). The first-order valence-electron chi connectivity index (χ1n) is 14.8. The molecule has 1 saturated heterocycles. The van der Waals surface area contributed by atoms with Crippen LogP contribution in [0, 0.1) is 24.7 Å². The summed E-state index contributed by atoms with van der Waals surface area (Å²) in [7, 11) is 0. The van der Waals surface area contributed by atoms with Gasteiger partial charge in [-0.15, -0.1) is 0 Å². The molecule has 5 fully saturated rings. The summed E-state index contributed by atoms with van der Waals surface area (Å²) in [6.07, 6.45) is 8.84. The van der Waals surface area contributed by atoms with Crippen LogP contribution in [0.25, 0.3) is 10.9 Å². The van der Waals surface area contributed by atoms with E-state index >= 15 is 0 Å². The Morgan fingerprint density at radius 1 is 0.975 bits per heavy atom.